The van der Waals surface area contributed by atoms with Crippen LogP contribution in [0.25, 0.3) is 11.0 Å². The van der Waals surface area contributed by atoms with E-state index >= 15 is 0 Å². The van der Waals surface area contributed by atoms with Gasteiger partial charge in [-0.25, -0.2) is 4.79 Å². The van der Waals surface area contributed by atoms with Crippen LogP contribution in [0.3, 0.4) is 0 Å². The summed E-state index contributed by atoms with van der Waals surface area (Å²) >= 11 is 0. The van der Waals surface area contributed by atoms with Crippen molar-refractivity contribution in [3.8, 4) is 11.8 Å². The minimum Gasteiger partial charge on any atom is -0.422 e. The molecule has 0 aliphatic heterocycles. The Morgan fingerprint density at radius 3 is 2.44 bits per heavy atom. The molecule has 0 spiro atoms. The minimum atomic E-state index is -3.69. The van der Waals surface area contributed by atoms with E-state index in [9.17, 15) is 9.36 Å². The van der Waals surface area contributed by atoms with Gasteiger partial charge >= 0.3 is 13.2 Å². The van der Waals surface area contributed by atoms with Crippen molar-refractivity contribution in [2.75, 3.05) is 33.9 Å². The molecule has 7 heteroatoms. The lowest BCUT2D eigenvalue weighted by Crippen LogP contribution is -2.26. The molecule has 0 bridgehead atoms. The molecule has 2 aromatic rings. The molecule has 1 aromatic heterocycles. The second-order valence-corrected chi connectivity index (χ2v) is 7.54. The summed E-state index contributed by atoms with van der Waals surface area (Å²) in [5.74, 6) is 6.04. The Morgan fingerprint density at radius 1 is 1.16 bits per heavy atom. The Hall–Kier alpha value is -1.90. The van der Waals surface area contributed by atoms with E-state index in [0.717, 1.165) is 5.56 Å². The first-order chi connectivity index (χ1) is 11.9. The first-order valence-electron chi connectivity index (χ1n) is 8.00. The highest BCUT2D eigenvalue weighted by molar-refractivity contribution is 7.62. The zero-order chi connectivity index (χ0) is 18.4. The Kier molecular flexibility index (Phi) is 6.57. The van der Waals surface area contributed by atoms with E-state index in [-0.39, 0.29) is 18.5 Å². The first-order valence-corrected chi connectivity index (χ1v) is 9.55. The van der Waals surface area contributed by atoms with E-state index in [2.05, 4.69) is 11.8 Å². The van der Waals surface area contributed by atoms with Crippen molar-refractivity contribution in [2.24, 2.45) is 0 Å². The second-order valence-electron chi connectivity index (χ2n) is 5.54. The Balaban J connectivity index is 2.47. The summed E-state index contributed by atoms with van der Waals surface area (Å²) in [5.41, 5.74) is 0.393. The summed E-state index contributed by atoms with van der Waals surface area (Å²) in [6.07, 6.45) is 0. The summed E-state index contributed by atoms with van der Waals surface area (Å²) in [4.78, 5) is 14.3. The van der Waals surface area contributed by atoms with Crippen LogP contribution in [-0.2, 0) is 13.6 Å². The topological polar surface area (TPSA) is 69.0 Å². The molecule has 0 amide bonds. The molecule has 2 rings (SSSR count). The van der Waals surface area contributed by atoms with E-state index in [1.165, 1.54) is 6.07 Å². The number of fused-ring (bicyclic) bond motifs is 1. The molecular weight excluding hydrogens is 341 g/mol. The van der Waals surface area contributed by atoms with Crippen molar-refractivity contribution in [1.82, 2.24) is 4.90 Å². The van der Waals surface area contributed by atoms with Gasteiger partial charge in [0.05, 0.1) is 19.8 Å². The average molecular weight is 363 g/mol. The van der Waals surface area contributed by atoms with Gasteiger partial charge in [0.25, 0.3) is 0 Å². The van der Waals surface area contributed by atoms with Gasteiger partial charge in [-0.2, -0.15) is 0 Å². The zero-order valence-corrected chi connectivity index (χ0v) is 15.8. The quantitative estimate of drug-likeness (QED) is 0.446. The Morgan fingerprint density at radius 2 is 1.84 bits per heavy atom. The van der Waals surface area contributed by atoms with Gasteiger partial charge in [0.2, 0.25) is 0 Å². The molecule has 1 aromatic carbocycles. The molecule has 0 radical (unpaired) electrons. The molecule has 0 atom stereocenters. The van der Waals surface area contributed by atoms with Gasteiger partial charge < -0.3 is 13.5 Å². The van der Waals surface area contributed by atoms with Crippen molar-refractivity contribution in [2.45, 2.75) is 13.8 Å². The monoisotopic (exact) mass is 363 g/mol. The van der Waals surface area contributed by atoms with E-state index in [0.29, 0.717) is 17.5 Å². The van der Waals surface area contributed by atoms with Crippen LogP contribution < -0.4 is 10.9 Å². The predicted molar refractivity (Wildman–Crippen MR) is 98.4 cm³/mol. The number of hydrogen-bond donors (Lipinski definition) is 0. The SMILES string of the molecule is CCOP(=O)(OCC)c1cc2ccc(C#CCN(C)C)cc2oc1=O. The molecule has 134 valence electrons. The van der Waals surface area contributed by atoms with Crippen molar-refractivity contribution in [1.29, 1.82) is 0 Å². The molecule has 1 heterocycles. The molecule has 25 heavy (non-hydrogen) atoms. The summed E-state index contributed by atoms with van der Waals surface area (Å²) in [5, 5.41) is 0.544. The van der Waals surface area contributed by atoms with Gasteiger partial charge in [0, 0.05) is 10.9 Å². The number of nitrogens with zero attached hydrogens (tertiary/aromatic N) is 1. The maximum atomic E-state index is 12.8. The van der Waals surface area contributed by atoms with Gasteiger partial charge in [-0.15, -0.1) is 0 Å². The van der Waals surface area contributed by atoms with Crippen LogP contribution in [0.4, 0.5) is 0 Å². The van der Waals surface area contributed by atoms with Crippen LogP contribution in [0.5, 0.6) is 0 Å². The third-order valence-electron chi connectivity index (χ3n) is 3.24. The number of hydrogen-bond acceptors (Lipinski definition) is 6. The zero-order valence-electron chi connectivity index (χ0n) is 14.9. The van der Waals surface area contributed by atoms with Crippen LogP contribution in [0.15, 0.2) is 33.5 Å². The van der Waals surface area contributed by atoms with E-state index < -0.39 is 13.2 Å². The molecule has 0 aliphatic carbocycles. The highest BCUT2D eigenvalue weighted by atomic mass is 31.2. The summed E-state index contributed by atoms with van der Waals surface area (Å²) in [7, 11) is 0.176. The Bertz CT molecular complexity index is 897. The fourth-order valence-electron chi connectivity index (χ4n) is 2.18. The lowest BCUT2D eigenvalue weighted by molar-refractivity contribution is 0.229. The van der Waals surface area contributed by atoms with Gasteiger partial charge in [-0.1, -0.05) is 11.8 Å². The normalized spacial score (nSPS) is 11.6. The van der Waals surface area contributed by atoms with Crippen molar-refractivity contribution < 1.29 is 18.0 Å². The van der Waals surface area contributed by atoms with Crippen LogP contribution in [0.2, 0.25) is 0 Å². The summed E-state index contributed by atoms with van der Waals surface area (Å²) in [6.45, 7) is 4.33. The average Bonchev–Trinajstić information content (AvgIpc) is 2.54. The summed E-state index contributed by atoms with van der Waals surface area (Å²) in [6, 6.07) is 6.78. The molecule has 0 saturated heterocycles. The van der Waals surface area contributed by atoms with Crippen molar-refractivity contribution in [3.63, 3.8) is 0 Å². The lowest BCUT2D eigenvalue weighted by Gasteiger charge is -2.16. The lowest BCUT2D eigenvalue weighted by atomic mass is 10.1. The molecule has 0 unspecified atom stereocenters. The first kappa shape index (κ1) is 19.4. The van der Waals surface area contributed by atoms with Gasteiger partial charge in [0.1, 0.15) is 5.58 Å². The molecule has 0 fully saturated rings. The van der Waals surface area contributed by atoms with Gasteiger partial charge in [0.15, 0.2) is 5.30 Å². The maximum Gasteiger partial charge on any atom is 0.368 e. The largest absolute Gasteiger partial charge is 0.422 e. The van der Waals surface area contributed by atoms with Crippen LogP contribution in [-0.4, -0.2) is 38.8 Å². The highest BCUT2D eigenvalue weighted by Gasteiger charge is 2.31. The van der Waals surface area contributed by atoms with E-state index in [1.807, 2.05) is 25.1 Å². The van der Waals surface area contributed by atoms with Crippen molar-refractivity contribution in [3.05, 3.63) is 40.2 Å². The maximum absolute atomic E-state index is 12.8. The van der Waals surface area contributed by atoms with E-state index in [1.54, 1.807) is 26.0 Å². The standard InChI is InChI=1S/C18H22NO5P/c1-5-22-25(21,23-6-2)17-13-15-10-9-14(8-7-11-19(3)4)12-16(15)24-18(17)20/h9-10,12-13H,5-6,11H2,1-4H3. The fourth-order valence-corrected chi connectivity index (χ4v) is 3.78. The highest BCUT2D eigenvalue weighted by Crippen LogP contribution is 2.46. The number of rotatable bonds is 6. The fraction of sp³-hybridized carbons (Fsp3) is 0.389. The van der Waals surface area contributed by atoms with Gasteiger partial charge in [-0.05, 0) is 52.2 Å². The third-order valence-corrected chi connectivity index (χ3v) is 5.34. The molecule has 0 N–H and O–H groups in total. The summed E-state index contributed by atoms with van der Waals surface area (Å²) < 4.78 is 28.6. The Labute approximate surface area is 147 Å². The smallest absolute Gasteiger partial charge is 0.368 e. The van der Waals surface area contributed by atoms with Gasteiger partial charge in [-0.3, -0.25) is 9.46 Å². The molecular formula is C18H22NO5P. The predicted octanol–water partition coefficient (Wildman–Crippen LogP) is 2.60. The number of benzene rings is 1. The van der Waals surface area contributed by atoms with Crippen LogP contribution >= 0.6 is 7.60 Å². The second kappa shape index (κ2) is 8.46. The minimum absolute atomic E-state index is 0.0878. The van der Waals surface area contributed by atoms with Crippen LogP contribution in [0.1, 0.15) is 19.4 Å². The third kappa shape index (κ3) is 4.81. The van der Waals surface area contributed by atoms with E-state index in [4.69, 9.17) is 13.5 Å². The van der Waals surface area contributed by atoms with Crippen molar-refractivity contribution >= 4 is 23.9 Å². The van der Waals surface area contributed by atoms with Crippen LogP contribution in [0, 0.1) is 11.8 Å². The molecule has 0 aliphatic rings. The molecule has 6 nitrogen and oxygen atoms in total. The molecule has 0 saturated carbocycles.